The summed E-state index contributed by atoms with van der Waals surface area (Å²) in [4.78, 5) is 7.17. The average molecular weight is 535 g/mol. The van der Waals surface area contributed by atoms with Gasteiger partial charge in [0, 0.05) is 41.8 Å². The van der Waals surface area contributed by atoms with E-state index in [9.17, 15) is 0 Å². The van der Waals surface area contributed by atoms with Crippen LogP contribution in [0, 0.1) is 0 Å². The van der Waals surface area contributed by atoms with E-state index >= 15 is 0 Å². The number of pyridine rings is 1. The van der Waals surface area contributed by atoms with Crippen molar-refractivity contribution in [1.29, 1.82) is 0 Å². The Bertz CT molecular complexity index is 1490. The molecule has 3 heterocycles. The molecular formula is C34H42N6. The van der Waals surface area contributed by atoms with Gasteiger partial charge in [-0.15, -0.1) is 0 Å². The van der Waals surface area contributed by atoms with Gasteiger partial charge in [0.15, 0.2) is 0 Å². The standard InChI is InChI=1S/C34H42N6/c1-6-25(24(3)35-4)11-12-26(7-2)34(27-9-8-10-27)38-33-20-30-19-28(13-14-29(30)21-36-33)31-22-37-40(23-31)32-15-17-39(5)18-16-32/h6-7,11-14,19-23,32,35H,3,8-10,15-18H2,1-2,4-5H3,(H,36,38)/b12-11-,25-6+,26-7+. The van der Waals surface area contributed by atoms with Crippen molar-refractivity contribution in [3.05, 3.63) is 102 Å². The van der Waals surface area contributed by atoms with E-state index in [-0.39, 0.29) is 0 Å². The number of hydrogen-bond acceptors (Lipinski definition) is 5. The maximum absolute atomic E-state index is 4.78. The van der Waals surface area contributed by atoms with Gasteiger partial charge in [-0.1, -0.05) is 43.0 Å². The van der Waals surface area contributed by atoms with Crippen molar-refractivity contribution < 1.29 is 0 Å². The highest BCUT2D eigenvalue weighted by molar-refractivity contribution is 5.88. The number of piperidine rings is 1. The van der Waals surface area contributed by atoms with Crippen molar-refractivity contribution >= 4 is 16.6 Å². The van der Waals surface area contributed by atoms with Gasteiger partial charge in [-0.3, -0.25) is 4.68 Å². The molecule has 0 radical (unpaired) electrons. The van der Waals surface area contributed by atoms with Crippen molar-refractivity contribution in [2.45, 2.75) is 52.0 Å². The van der Waals surface area contributed by atoms with Crippen LogP contribution in [-0.2, 0) is 0 Å². The molecule has 1 aliphatic heterocycles. The fourth-order valence-electron chi connectivity index (χ4n) is 5.45. The van der Waals surface area contributed by atoms with Gasteiger partial charge in [0.05, 0.1) is 12.2 Å². The van der Waals surface area contributed by atoms with Crippen molar-refractivity contribution in [3.63, 3.8) is 0 Å². The lowest BCUT2D eigenvalue weighted by Gasteiger charge is -2.28. The molecule has 2 aliphatic rings. The predicted octanol–water partition coefficient (Wildman–Crippen LogP) is 7.40. The smallest absolute Gasteiger partial charge is 0.130 e. The lowest BCUT2D eigenvalue weighted by molar-refractivity contribution is 0.212. The molecular weight excluding hydrogens is 492 g/mol. The minimum atomic E-state index is 0.485. The van der Waals surface area contributed by atoms with Gasteiger partial charge in [0.2, 0.25) is 0 Å². The van der Waals surface area contributed by atoms with Crippen LogP contribution < -0.4 is 10.6 Å². The van der Waals surface area contributed by atoms with Crippen LogP contribution in [0.2, 0.25) is 0 Å². The summed E-state index contributed by atoms with van der Waals surface area (Å²) in [6.45, 7) is 10.5. The molecule has 2 fully saturated rings. The van der Waals surface area contributed by atoms with Gasteiger partial charge in [0.1, 0.15) is 5.82 Å². The first kappa shape index (κ1) is 27.7. The van der Waals surface area contributed by atoms with Gasteiger partial charge in [0.25, 0.3) is 0 Å². The summed E-state index contributed by atoms with van der Waals surface area (Å²) in [5.41, 5.74) is 8.10. The molecule has 208 valence electrons. The number of rotatable bonds is 9. The zero-order valence-corrected chi connectivity index (χ0v) is 24.4. The third-order valence-corrected chi connectivity index (χ3v) is 8.29. The first-order valence-electron chi connectivity index (χ1n) is 14.5. The number of benzene rings is 1. The number of likely N-dealkylation sites (tertiary alicyclic amines) is 1. The molecule has 0 spiro atoms. The van der Waals surface area contributed by atoms with E-state index in [1.165, 1.54) is 22.9 Å². The van der Waals surface area contributed by atoms with Gasteiger partial charge in [-0.25, -0.2) is 4.98 Å². The van der Waals surface area contributed by atoms with Crippen LogP contribution in [0.15, 0.2) is 102 Å². The van der Waals surface area contributed by atoms with E-state index in [0.717, 1.165) is 78.1 Å². The van der Waals surface area contributed by atoms with Gasteiger partial charge in [-0.05, 0) is 106 Å². The van der Waals surface area contributed by atoms with E-state index in [1.54, 1.807) is 0 Å². The second-order valence-electron chi connectivity index (χ2n) is 10.9. The Labute approximate surface area is 238 Å². The van der Waals surface area contributed by atoms with E-state index < -0.39 is 0 Å². The SMILES string of the molecule is C=C(NC)C(/C=C\C(=C/C)C(Nc1cc2cc(-c3cnn(C4CCN(C)CC4)c3)ccc2cn1)=C1CCC1)=C/C. The highest BCUT2D eigenvalue weighted by Gasteiger charge is 2.20. The fraction of sp³-hybridized carbons (Fsp3) is 0.353. The summed E-state index contributed by atoms with van der Waals surface area (Å²) >= 11 is 0. The van der Waals surface area contributed by atoms with Crippen molar-refractivity contribution in [3.8, 4) is 11.1 Å². The number of aromatic nitrogens is 3. The molecule has 1 saturated carbocycles. The summed E-state index contributed by atoms with van der Waals surface area (Å²) in [6, 6.07) is 9.24. The summed E-state index contributed by atoms with van der Waals surface area (Å²) in [5, 5.41) is 13.9. The summed E-state index contributed by atoms with van der Waals surface area (Å²) < 4.78 is 2.17. The molecule has 2 N–H and O–H groups in total. The maximum atomic E-state index is 4.78. The van der Waals surface area contributed by atoms with Crippen LogP contribution in [0.3, 0.4) is 0 Å². The van der Waals surface area contributed by atoms with E-state index in [4.69, 9.17) is 10.1 Å². The number of hydrogen-bond donors (Lipinski definition) is 2. The number of fused-ring (bicyclic) bond motifs is 1. The minimum Gasteiger partial charge on any atom is -0.388 e. The molecule has 0 amide bonds. The zero-order chi connectivity index (χ0) is 28.1. The molecule has 1 saturated heterocycles. The summed E-state index contributed by atoms with van der Waals surface area (Å²) in [7, 11) is 4.10. The van der Waals surface area contributed by atoms with E-state index in [2.05, 4.69) is 95.5 Å². The third kappa shape index (κ3) is 6.13. The molecule has 3 aromatic rings. The van der Waals surface area contributed by atoms with Crippen molar-refractivity contribution in [2.24, 2.45) is 0 Å². The predicted molar refractivity (Wildman–Crippen MR) is 168 cm³/mol. The topological polar surface area (TPSA) is 58.0 Å². The van der Waals surface area contributed by atoms with Gasteiger partial charge in [-0.2, -0.15) is 5.10 Å². The zero-order valence-electron chi connectivity index (χ0n) is 24.4. The fourth-order valence-corrected chi connectivity index (χ4v) is 5.45. The number of nitrogens with zero attached hydrogens (tertiary/aromatic N) is 4. The molecule has 0 unspecified atom stereocenters. The molecule has 1 aliphatic carbocycles. The summed E-state index contributed by atoms with van der Waals surface area (Å²) in [5.74, 6) is 0.861. The largest absolute Gasteiger partial charge is 0.388 e. The molecule has 6 heteroatoms. The van der Waals surface area contributed by atoms with E-state index in [0.29, 0.717) is 6.04 Å². The Morgan fingerprint density at radius 1 is 0.975 bits per heavy atom. The molecule has 2 aromatic heterocycles. The van der Waals surface area contributed by atoms with Gasteiger partial charge < -0.3 is 15.5 Å². The first-order chi connectivity index (χ1) is 19.5. The highest BCUT2D eigenvalue weighted by atomic mass is 15.3. The van der Waals surface area contributed by atoms with Crippen LogP contribution in [-0.4, -0.2) is 46.8 Å². The van der Waals surface area contributed by atoms with Crippen molar-refractivity contribution in [1.82, 2.24) is 25.0 Å². The number of anilines is 1. The van der Waals surface area contributed by atoms with E-state index in [1.807, 2.05) is 26.4 Å². The monoisotopic (exact) mass is 534 g/mol. The first-order valence-corrected chi connectivity index (χ1v) is 14.5. The number of likely N-dealkylation sites (N-methyl/N-ethyl adjacent to an activating group) is 1. The number of nitrogens with one attached hydrogen (secondary N) is 2. The molecule has 0 atom stereocenters. The van der Waals surface area contributed by atoms with Gasteiger partial charge >= 0.3 is 0 Å². The average Bonchev–Trinajstić information content (AvgIpc) is 3.44. The highest BCUT2D eigenvalue weighted by Crippen LogP contribution is 2.34. The lowest BCUT2D eigenvalue weighted by Crippen LogP contribution is -2.31. The molecule has 1 aromatic carbocycles. The second kappa shape index (κ2) is 12.5. The van der Waals surface area contributed by atoms with Crippen LogP contribution in [0.25, 0.3) is 21.9 Å². The second-order valence-corrected chi connectivity index (χ2v) is 10.9. The van der Waals surface area contributed by atoms with Crippen LogP contribution >= 0.6 is 0 Å². The molecule has 6 nitrogen and oxygen atoms in total. The molecule has 0 bridgehead atoms. The quantitative estimate of drug-likeness (QED) is 0.280. The number of allylic oxidation sites excluding steroid dienone is 5. The maximum Gasteiger partial charge on any atom is 0.130 e. The van der Waals surface area contributed by atoms with Crippen LogP contribution in [0.1, 0.15) is 52.0 Å². The van der Waals surface area contributed by atoms with Crippen LogP contribution in [0.5, 0.6) is 0 Å². The molecule has 5 rings (SSSR count). The normalized spacial score (nSPS) is 17.4. The Hall–Kier alpha value is -3.90. The summed E-state index contributed by atoms with van der Waals surface area (Å²) in [6.07, 6.45) is 20.5. The Kier molecular flexibility index (Phi) is 8.66. The lowest BCUT2D eigenvalue weighted by atomic mass is 9.88. The molecule has 40 heavy (non-hydrogen) atoms. The minimum absolute atomic E-state index is 0.485. The van der Waals surface area contributed by atoms with Crippen molar-refractivity contribution in [2.75, 3.05) is 32.5 Å². The van der Waals surface area contributed by atoms with Crippen LogP contribution in [0.4, 0.5) is 5.82 Å². The third-order valence-electron chi connectivity index (χ3n) is 8.29. The Balaban J connectivity index is 1.39. The Morgan fingerprint density at radius 2 is 1.73 bits per heavy atom. The Morgan fingerprint density at radius 3 is 2.40 bits per heavy atom.